The second-order valence-electron chi connectivity index (χ2n) is 2.24. The molecule has 0 aromatic heterocycles. The summed E-state index contributed by atoms with van der Waals surface area (Å²) in [6.07, 6.45) is 0.950. The molecular formula is C10H8O2. The third kappa shape index (κ3) is 2.14. The minimum absolute atomic E-state index is 0.220. The van der Waals surface area contributed by atoms with E-state index in [1.165, 1.54) is 0 Å². The third-order valence-electron chi connectivity index (χ3n) is 1.43. The molecule has 1 aromatic carbocycles. The zero-order valence-corrected chi connectivity index (χ0v) is 6.45. The minimum Gasteiger partial charge on any atom is -0.508 e. The molecule has 0 radical (unpaired) electrons. The number of benzene rings is 1. The summed E-state index contributed by atoms with van der Waals surface area (Å²) in [4.78, 5) is 9.84. The van der Waals surface area contributed by atoms with E-state index in [4.69, 9.17) is 0 Å². The second-order valence-corrected chi connectivity index (χ2v) is 2.24. The first kappa shape index (κ1) is 8.35. The standard InChI is InChI=1S/C10H8O2/c11-8-4-3-6-9-5-1-2-7-10(9)12/h1-2,5,7-8,12H,6H2. The van der Waals surface area contributed by atoms with Crippen LogP contribution in [0.15, 0.2) is 24.3 Å². The Hall–Kier alpha value is -1.75. The number of aldehydes is 1. The molecule has 2 nitrogen and oxygen atoms in total. The Morgan fingerprint density at radius 2 is 2.17 bits per heavy atom. The fourth-order valence-electron chi connectivity index (χ4n) is 0.848. The van der Waals surface area contributed by atoms with Gasteiger partial charge in [0.05, 0.1) is 0 Å². The first-order valence-corrected chi connectivity index (χ1v) is 3.53. The summed E-state index contributed by atoms with van der Waals surface area (Å²) in [5, 5.41) is 9.25. The third-order valence-corrected chi connectivity index (χ3v) is 1.43. The zero-order valence-electron chi connectivity index (χ0n) is 6.45. The highest BCUT2D eigenvalue weighted by atomic mass is 16.3. The van der Waals surface area contributed by atoms with Crippen molar-refractivity contribution in [3.8, 4) is 17.6 Å². The van der Waals surface area contributed by atoms with Crippen molar-refractivity contribution < 1.29 is 9.90 Å². The number of phenolic OH excluding ortho intramolecular Hbond substituents is 1. The normalized spacial score (nSPS) is 8.33. The number of carbonyl (C=O) groups excluding carboxylic acids is 1. The summed E-state index contributed by atoms with van der Waals surface area (Å²) < 4.78 is 0. The molecule has 12 heavy (non-hydrogen) atoms. The topological polar surface area (TPSA) is 37.3 Å². The molecule has 1 N–H and O–H groups in total. The van der Waals surface area contributed by atoms with Crippen LogP contribution in [0.3, 0.4) is 0 Å². The largest absolute Gasteiger partial charge is 0.508 e. The van der Waals surface area contributed by atoms with Crippen molar-refractivity contribution in [2.24, 2.45) is 0 Å². The zero-order chi connectivity index (χ0) is 8.81. The SMILES string of the molecule is O=CC#CCc1ccccc1O. The molecule has 1 rings (SSSR count). The molecule has 0 saturated heterocycles. The van der Waals surface area contributed by atoms with Gasteiger partial charge >= 0.3 is 0 Å². The molecular weight excluding hydrogens is 152 g/mol. The maximum atomic E-state index is 9.84. The molecule has 0 aliphatic carbocycles. The van der Waals surface area contributed by atoms with E-state index in [1.54, 1.807) is 18.2 Å². The first-order chi connectivity index (χ1) is 5.84. The summed E-state index contributed by atoms with van der Waals surface area (Å²) in [6.45, 7) is 0. The maximum Gasteiger partial charge on any atom is 0.192 e. The monoisotopic (exact) mass is 160 g/mol. The van der Waals surface area contributed by atoms with Crippen molar-refractivity contribution in [3.05, 3.63) is 29.8 Å². The van der Waals surface area contributed by atoms with Crippen LogP contribution in [0.1, 0.15) is 5.56 Å². The highest BCUT2D eigenvalue weighted by Gasteiger charge is 1.94. The summed E-state index contributed by atoms with van der Waals surface area (Å²) in [6, 6.07) is 6.93. The van der Waals surface area contributed by atoms with Gasteiger partial charge in [0.25, 0.3) is 0 Å². The molecule has 0 fully saturated rings. The average Bonchev–Trinajstić information content (AvgIpc) is 2.09. The molecule has 0 saturated carbocycles. The van der Waals surface area contributed by atoms with Crippen LogP contribution >= 0.6 is 0 Å². The quantitative estimate of drug-likeness (QED) is 0.494. The Morgan fingerprint density at radius 3 is 2.83 bits per heavy atom. The van der Waals surface area contributed by atoms with Crippen LogP contribution < -0.4 is 0 Å². The van der Waals surface area contributed by atoms with Gasteiger partial charge in [-0.3, -0.25) is 4.79 Å². The van der Waals surface area contributed by atoms with Gasteiger partial charge in [0.15, 0.2) is 6.29 Å². The van der Waals surface area contributed by atoms with E-state index in [9.17, 15) is 9.90 Å². The smallest absolute Gasteiger partial charge is 0.192 e. The van der Waals surface area contributed by atoms with Gasteiger partial charge in [-0.1, -0.05) is 24.1 Å². The molecule has 60 valence electrons. The summed E-state index contributed by atoms with van der Waals surface area (Å²) in [5.74, 6) is 5.12. The number of hydrogen-bond donors (Lipinski definition) is 1. The van der Waals surface area contributed by atoms with Gasteiger partial charge in [-0.2, -0.15) is 0 Å². The van der Waals surface area contributed by atoms with Gasteiger partial charge < -0.3 is 5.11 Å². The van der Waals surface area contributed by atoms with Crippen LogP contribution in [0.5, 0.6) is 5.75 Å². The number of hydrogen-bond acceptors (Lipinski definition) is 2. The molecule has 1 aromatic rings. The summed E-state index contributed by atoms with van der Waals surface area (Å²) in [5.41, 5.74) is 0.742. The minimum atomic E-state index is 0.220. The number of aromatic hydroxyl groups is 1. The second kappa shape index (κ2) is 4.20. The lowest BCUT2D eigenvalue weighted by Crippen LogP contribution is -1.81. The Kier molecular flexibility index (Phi) is 2.92. The van der Waals surface area contributed by atoms with Crippen molar-refractivity contribution in [1.29, 1.82) is 0 Å². The van der Waals surface area contributed by atoms with Gasteiger partial charge in [-0.25, -0.2) is 0 Å². The van der Waals surface area contributed by atoms with Crippen LogP contribution in [0, 0.1) is 11.8 Å². The molecule has 0 unspecified atom stereocenters. The molecule has 0 aliphatic rings. The molecule has 0 spiro atoms. The van der Waals surface area contributed by atoms with Gasteiger partial charge in [-0.05, 0) is 12.0 Å². The van der Waals surface area contributed by atoms with E-state index in [-0.39, 0.29) is 5.75 Å². The van der Waals surface area contributed by atoms with E-state index in [2.05, 4.69) is 11.8 Å². The van der Waals surface area contributed by atoms with Crippen molar-refractivity contribution in [2.45, 2.75) is 6.42 Å². The molecule has 0 atom stereocenters. The molecule has 0 amide bonds. The van der Waals surface area contributed by atoms with Crippen molar-refractivity contribution in [3.63, 3.8) is 0 Å². The number of para-hydroxylation sites is 1. The van der Waals surface area contributed by atoms with Crippen LogP contribution in [0.4, 0.5) is 0 Å². The molecule has 0 heterocycles. The highest BCUT2D eigenvalue weighted by Crippen LogP contribution is 2.15. The average molecular weight is 160 g/mol. The van der Waals surface area contributed by atoms with Gasteiger partial charge in [0, 0.05) is 12.0 Å². The van der Waals surface area contributed by atoms with Gasteiger partial charge in [-0.15, -0.1) is 0 Å². The summed E-state index contributed by atoms with van der Waals surface area (Å²) in [7, 11) is 0. The van der Waals surface area contributed by atoms with Crippen LogP contribution in [0.25, 0.3) is 0 Å². The van der Waals surface area contributed by atoms with E-state index >= 15 is 0 Å². The number of rotatable bonds is 1. The number of carbonyl (C=O) groups is 1. The fraction of sp³-hybridized carbons (Fsp3) is 0.100. The van der Waals surface area contributed by atoms with Crippen molar-refractivity contribution in [2.75, 3.05) is 0 Å². The lowest BCUT2D eigenvalue weighted by Gasteiger charge is -1.96. The van der Waals surface area contributed by atoms with Crippen LogP contribution in [-0.2, 0) is 11.2 Å². The summed E-state index contributed by atoms with van der Waals surface area (Å²) >= 11 is 0. The molecule has 2 heteroatoms. The maximum absolute atomic E-state index is 9.84. The molecule has 0 aliphatic heterocycles. The Bertz CT molecular complexity index is 331. The van der Waals surface area contributed by atoms with E-state index in [0.29, 0.717) is 12.7 Å². The van der Waals surface area contributed by atoms with Crippen LogP contribution in [-0.4, -0.2) is 11.4 Å². The van der Waals surface area contributed by atoms with E-state index in [0.717, 1.165) is 5.56 Å². The predicted molar refractivity (Wildman–Crippen MR) is 45.7 cm³/mol. The number of phenols is 1. The van der Waals surface area contributed by atoms with Gasteiger partial charge in [0.2, 0.25) is 0 Å². The van der Waals surface area contributed by atoms with Crippen molar-refractivity contribution in [1.82, 2.24) is 0 Å². The Morgan fingerprint density at radius 1 is 1.42 bits per heavy atom. The Labute approximate surface area is 70.8 Å². The highest BCUT2D eigenvalue weighted by molar-refractivity contribution is 5.72. The van der Waals surface area contributed by atoms with Gasteiger partial charge in [0.1, 0.15) is 5.75 Å². The lowest BCUT2D eigenvalue weighted by molar-refractivity contribution is -0.103. The lowest BCUT2D eigenvalue weighted by atomic mass is 10.1. The molecule has 0 bridgehead atoms. The van der Waals surface area contributed by atoms with E-state index < -0.39 is 0 Å². The fourth-order valence-corrected chi connectivity index (χ4v) is 0.848. The van der Waals surface area contributed by atoms with Crippen LogP contribution in [0.2, 0.25) is 0 Å². The van der Waals surface area contributed by atoms with E-state index in [1.807, 2.05) is 6.07 Å². The van der Waals surface area contributed by atoms with Crippen molar-refractivity contribution >= 4 is 6.29 Å². The Balaban J connectivity index is 2.75. The predicted octanol–water partition coefficient (Wildman–Crippen LogP) is 1.14. The first-order valence-electron chi connectivity index (χ1n) is 3.53.